The Hall–Kier alpha value is -3.21. The summed E-state index contributed by atoms with van der Waals surface area (Å²) in [5.41, 5.74) is 10.6. The zero-order valence-corrected chi connectivity index (χ0v) is 13.6. The number of nitrogens with one attached hydrogen (secondary N) is 1. The van der Waals surface area contributed by atoms with Crippen LogP contribution in [0.2, 0.25) is 0 Å². The van der Waals surface area contributed by atoms with Gasteiger partial charge in [-0.05, 0) is 19.2 Å². The Bertz CT molecular complexity index is 870. The molecule has 0 saturated carbocycles. The first kappa shape index (κ1) is 17.1. The van der Waals surface area contributed by atoms with Crippen molar-refractivity contribution in [2.45, 2.75) is 6.92 Å². The fraction of sp³-hybridized carbons (Fsp3) is 0.154. The lowest BCUT2D eigenvalue weighted by Crippen LogP contribution is -2.16. The Morgan fingerprint density at radius 2 is 2.25 bits per heavy atom. The number of ether oxygens (including phenoxy) is 1. The van der Waals surface area contributed by atoms with Gasteiger partial charge in [0, 0.05) is 11.8 Å². The largest absolute Gasteiger partial charge is 0.488 e. The van der Waals surface area contributed by atoms with Crippen molar-refractivity contribution < 1.29 is 13.9 Å². The Morgan fingerprint density at radius 1 is 1.50 bits per heavy atom. The lowest BCUT2D eigenvalue weighted by molar-refractivity contribution is 0.0991. The monoisotopic (exact) mass is 350 g/mol. The minimum Gasteiger partial charge on any atom is -0.488 e. The van der Waals surface area contributed by atoms with Gasteiger partial charge < -0.3 is 20.6 Å². The maximum absolute atomic E-state index is 12.1. The lowest BCUT2D eigenvalue weighted by atomic mass is 10.3. The van der Waals surface area contributed by atoms with Gasteiger partial charge in [0.15, 0.2) is 5.76 Å². The summed E-state index contributed by atoms with van der Waals surface area (Å²) < 4.78 is 9.63. The molecule has 0 aromatic carbocycles. The van der Waals surface area contributed by atoms with Crippen LogP contribution < -0.4 is 27.1 Å². The minimum atomic E-state index is -0.852. The molecule has 0 spiro atoms. The summed E-state index contributed by atoms with van der Waals surface area (Å²) in [5, 5.41) is 10.5. The molecule has 2 aromatic rings. The van der Waals surface area contributed by atoms with Crippen LogP contribution in [-0.2, 0) is 0 Å². The molecule has 0 bridgehead atoms. The van der Waals surface area contributed by atoms with E-state index in [0.717, 1.165) is 11.3 Å². The molecule has 0 saturated heterocycles. The number of amides is 1. The summed E-state index contributed by atoms with van der Waals surface area (Å²) in [6.45, 7) is 1.73. The van der Waals surface area contributed by atoms with E-state index in [2.05, 4.69) is 20.5 Å². The lowest BCUT2D eigenvalue weighted by Gasteiger charge is -2.04. The van der Waals surface area contributed by atoms with Crippen LogP contribution in [-0.4, -0.2) is 28.9 Å². The van der Waals surface area contributed by atoms with E-state index in [9.17, 15) is 9.59 Å². The number of aromatic nitrogens is 2. The van der Waals surface area contributed by atoms with Gasteiger partial charge in [0.1, 0.15) is 0 Å². The molecule has 2 aromatic heterocycles. The van der Waals surface area contributed by atoms with E-state index in [1.54, 1.807) is 13.0 Å². The first-order chi connectivity index (χ1) is 11.4. The number of methoxy groups -OCH3 is 1. The molecule has 0 atom stereocenters. The third-order valence-corrected chi connectivity index (χ3v) is 3.34. The predicted octanol–water partition coefficient (Wildman–Crippen LogP) is 0.899. The zero-order valence-electron chi connectivity index (χ0n) is 12.8. The summed E-state index contributed by atoms with van der Waals surface area (Å²) in [6, 6.07) is 1.19. The topological polar surface area (TPSA) is 159 Å². The van der Waals surface area contributed by atoms with E-state index >= 15 is 0 Å². The maximum Gasteiger partial charge on any atom is 0.381 e. The smallest absolute Gasteiger partial charge is 0.381 e. The highest BCUT2D eigenvalue weighted by atomic mass is 32.1. The number of nitrogens with zero attached hydrogens (tertiary/aromatic N) is 3. The molecule has 2 heterocycles. The van der Waals surface area contributed by atoms with Gasteiger partial charge in [0.2, 0.25) is 16.0 Å². The molecule has 0 radical (unpaired) electrons. The fourth-order valence-corrected chi connectivity index (χ4v) is 2.28. The zero-order chi connectivity index (χ0) is 17.7. The molecule has 10 nitrogen and oxygen atoms in total. The van der Waals surface area contributed by atoms with Crippen LogP contribution in [0.25, 0.3) is 0 Å². The highest BCUT2D eigenvalue weighted by Crippen LogP contribution is 2.24. The Morgan fingerprint density at radius 3 is 2.88 bits per heavy atom. The number of aliphatic imine (C=N–C) groups is 1. The van der Waals surface area contributed by atoms with E-state index in [-0.39, 0.29) is 22.3 Å². The molecule has 0 aliphatic carbocycles. The van der Waals surface area contributed by atoms with Crippen LogP contribution in [0.1, 0.15) is 17.5 Å². The van der Waals surface area contributed by atoms with Crippen molar-refractivity contribution in [3.63, 3.8) is 0 Å². The van der Waals surface area contributed by atoms with Crippen LogP contribution in [0.5, 0.6) is 5.75 Å². The Balaban J connectivity index is 2.18. The van der Waals surface area contributed by atoms with Gasteiger partial charge >= 0.3 is 5.63 Å². The minimum absolute atomic E-state index is 0.00866. The van der Waals surface area contributed by atoms with Gasteiger partial charge in [0.25, 0.3) is 5.91 Å². The number of rotatable bonds is 5. The fourth-order valence-electron chi connectivity index (χ4n) is 1.61. The SMILES string of the molecule is COc1c(N)cc(C(=O)Nc2nnc(/N=C(C)/C=C\N)s2)oc1=O. The molecule has 2 rings (SSSR count). The number of nitrogens with two attached hydrogens (primary N) is 2. The second-order valence-corrected chi connectivity index (χ2v) is 5.30. The van der Waals surface area contributed by atoms with Gasteiger partial charge in [0.05, 0.1) is 12.8 Å². The molecule has 1 amide bonds. The van der Waals surface area contributed by atoms with Crippen molar-refractivity contribution in [3.8, 4) is 5.75 Å². The third-order valence-electron chi connectivity index (χ3n) is 2.61. The van der Waals surface area contributed by atoms with Crippen LogP contribution in [0.15, 0.2) is 32.5 Å². The first-order valence-electron chi connectivity index (χ1n) is 6.50. The highest BCUT2D eigenvalue weighted by Gasteiger charge is 2.17. The summed E-state index contributed by atoms with van der Waals surface area (Å²) in [5.74, 6) is -1.14. The van der Waals surface area contributed by atoms with Gasteiger partial charge in [-0.25, -0.2) is 9.79 Å². The maximum atomic E-state index is 12.1. The van der Waals surface area contributed by atoms with Gasteiger partial charge in [-0.15, -0.1) is 10.2 Å². The molecule has 24 heavy (non-hydrogen) atoms. The van der Waals surface area contributed by atoms with Crippen LogP contribution in [0.3, 0.4) is 0 Å². The van der Waals surface area contributed by atoms with Gasteiger partial charge in [-0.3, -0.25) is 10.1 Å². The second-order valence-electron chi connectivity index (χ2n) is 4.34. The standard InChI is InChI=1S/C13H14N6O4S/c1-6(3-4-14)16-12-18-19-13(24-12)17-10(20)8-5-7(15)9(22-2)11(21)23-8/h3-5H,14-15H2,1-2H3,(H,17,19,20)/b4-3-,16-6+. The number of nitrogen functional groups attached to an aromatic ring is 1. The summed E-state index contributed by atoms with van der Waals surface area (Å²) in [7, 11) is 1.27. The van der Waals surface area contributed by atoms with E-state index in [1.165, 1.54) is 19.4 Å². The van der Waals surface area contributed by atoms with Crippen LogP contribution in [0.4, 0.5) is 16.0 Å². The molecule has 0 fully saturated rings. The molecule has 0 unspecified atom stereocenters. The Kier molecular flexibility index (Phi) is 5.27. The quantitative estimate of drug-likeness (QED) is 0.671. The second kappa shape index (κ2) is 7.37. The van der Waals surface area contributed by atoms with E-state index in [1.807, 2.05) is 0 Å². The molecular weight excluding hydrogens is 336 g/mol. The van der Waals surface area contributed by atoms with Crippen LogP contribution >= 0.6 is 11.3 Å². The van der Waals surface area contributed by atoms with Gasteiger partial charge in [-0.2, -0.15) is 0 Å². The molecular formula is C13H14N6O4S. The van der Waals surface area contributed by atoms with Crippen molar-refractivity contribution in [2.75, 3.05) is 18.2 Å². The van der Waals surface area contributed by atoms with Crippen LogP contribution in [0, 0.1) is 0 Å². The number of carbonyl (C=O) groups is 1. The Labute approximate surface area is 139 Å². The van der Waals surface area contributed by atoms with E-state index < -0.39 is 11.5 Å². The third kappa shape index (κ3) is 3.95. The molecule has 5 N–H and O–H groups in total. The predicted molar refractivity (Wildman–Crippen MR) is 89.9 cm³/mol. The number of carbonyl (C=O) groups excluding carboxylic acids is 1. The normalized spacial score (nSPS) is 11.7. The number of hydrogen-bond acceptors (Lipinski definition) is 10. The molecule has 11 heteroatoms. The summed E-state index contributed by atoms with van der Waals surface area (Å²) >= 11 is 1.03. The number of allylic oxidation sites excluding steroid dienone is 1. The van der Waals surface area contributed by atoms with Gasteiger partial charge in [-0.1, -0.05) is 11.3 Å². The number of anilines is 2. The molecule has 126 valence electrons. The molecule has 0 aliphatic rings. The van der Waals surface area contributed by atoms with E-state index in [0.29, 0.717) is 10.8 Å². The van der Waals surface area contributed by atoms with Crippen molar-refractivity contribution in [2.24, 2.45) is 10.7 Å². The van der Waals surface area contributed by atoms with Crippen molar-refractivity contribution in [1.29, 1.82) is 0 Å². The van der Waals surface area contributed by atoms with Crippen molar-refractivity contribution in [3.05, 3.63) is 34.5 Å². The summed E-state index contributed by atoms with van der Waals surface area (Å²) in [4.78, 5) is 27.8. The summed E-state index contributed by atoms with van der Waals surface area (Å²) in [6.07, 6.45) is 2.94. The highest BCUT2D eigenvalue weighted by molar-refractivity contribution is 7.18. The van der Waals surface area contributed by atoms with Crippen molar-refractivity contribution >= 4 is 38.9 Å². The average molecular weight is 350 g/mol. The van der Waals surface area contributed by atoms with Crippen molar-refractivity contribution in [1.82, 2.24) is 10.2 Å². The first-order valence-corrected chi connectivity index (χ1v) is 7.32. The number of hydrogen-bond donors (Lipinski definition) is 3. The average Bonchev–Trinajstić information content (AvgIpc) is 2.94. The molecule has 0 aliphatic heterocycles. The van der Waals surface area contributed by atoms with E-state index in [4.69, 9.17) is 20.6 Å².